The zero-order valence-electron chi connectivity index (χ0n) is 19.8. The summed E-state index contributed by atoms with van der Waals surface area (Å²) in [5, 5.41) is 61.2. The number of rotatable bonds is 2. The van der Waals surface area contributed by atoms with Crippen LogP contribution in [0.25, 0.3) is 20.2 Å². The third-order valence-electron chi connectivity index (χ3n) is 6.69. The topological polar surface area (TPSA) is 140 Å². The first-order valence-corrected chi connectivity index (χ1v) is 12.9. The van der Waals surface area contributed by atoms with Gasteiger partial charge in [-0.2, -0.15) is 0 Å². The molecule has 5 rings (SSSR count). The van der Waals surface area contributed by atoms with E-state index in [2.05, 4.69) is 23.7 Å². The van der Waals surface area contributed by atoms with Crippen molar-refractivity contribution in [1.82, 2.24) is 0 Å². The summed E-state index contributed by atoms with van der Waals surface area (Å²) < 4.78 is 13.2. The second kappa shape index (κ2) is 11.1. The van der Waals surface area contributed by atoms with Crippen molar-refractivity contribution < 1.29 is 40.1 Å². The van der Waals surface area contributed by atoms with Crippen LogP contribution in [0.4, 0.5) is 0 Å². The smallest absolute Gasteiger partial charge is 0.147 e. The lowest BCUT2D eigenvalue weighted by Crippen LogP contribution is -2.48. The van der Waals surface area contributed by atoms with Gasteiger partial charge in [-0.25, -0.2) is 0 Å². The zero-order chi connectivity index (χ0) is 26.1. The molecule has 3 aromatic rings. The Kier molecular flexibility index (Phi) is 7.80. The van der Waals surface area contributed by atoms with Crippen LogP contribution in [-0.4, -0.2) is 92.7 Å². The highest BCUT2D eigenvalue weighted by atomic mass is 32.1. The quantitative estimate of drug-likeness (QED) is 0.267. The van der Waals surface area contributed by atoms with Crippen LogP contribution in [-0.2, 0) is 9.47 Å². The van der Waals surface area contributed by atoms with E-state index >= 15 is 0 Å². The normalized spacial score (nSPS) is 31.9. The molecule has 194 valence electrons. The summed E-state index contributed by atoms with van der Waals surface area (Å²) in [6, 6.07) is 11.6. The van der Waals surface area contributed by atoms with Gasteiger partial charge >= 0.3 is 0 Å². The number of hydrogen-bond donors (Lipinski definition) is 6. The number of aliphatic hydroxyl groups excluding tert-OH is 6. The van der Waals surface area contributed by atoms with Crippen molar-refractivity contribution in [1.29, 1.82) is 0 Å². The highest BCUT2D eigenvalue weighted by Gasteiger charge is 2.36. The highest BCUT2D eigenvalue weighted by Crippen LogP contribution is 2.35. The molecule has 0 radical (unpaired) electrons. The second-order valence-corrected chi connectivity index (χ2v) is 10.5. The van der Waals surface area contributed by atoms with E-state index in [0.717, 1.165) is 31.3 Å². The molecule has 2 aliphatic rings. The fourth-order valence-electron chi connectivity index (χ4n) is 4.62. The summed E-state index contributed by atoms with van der Waals surface area (Å²) in [6.07, 6.45) is -6.85. The summed E-state index contributed by atoms with van der Waals surface area (Å²) in [5.41, 5.74) is 1.46. The minimum absolute atomic E-state index is 0.162. The maximum Gasteiger partial charge on any atom is 0.147 e. The third-order valence-corrected chi connectivity index (χ3v) is 7.81. The van der Waals surface area contributed by atoms with E-state index in [9.17, 15) is 30.6 Å². The molecule has 2 aromatic carbocycles. The van der Waals surface area contributed by atoms with Crippen LogP contribution in [0.3, 0.4) is 0 Å². The molecule has 0 saturated carbocycles. The molecule has 2 saturated heterocycles. The van der Waals surface area contributed by atoms with Crippen LogP contribution in [0, 0.1) is 23.7 Å². The van der Waals surface area contributed by atoms with Crippen LogP contribution >= 0.6 is 11.3 Å². The second-order valence-electron chi connectivity index (χ2n) is 9.37. The molecule has 8 unspecified atom stereocenters. The van der Waals surface area contributed by atoms with Crippen LogP contribution in [0.2, 0.25) is 0 Å². The molecular formula is C28H28O8S. The van der Waals surface area contributed by atoms with Crippen LogP contribution in [0.15, 0.2) is 36.4 Å². The first kappa shape index (κ1) is 26.1. The van der Waals surface area contributed by atoms with Crippen molar-refractivity contribution >= 4 is 31.5 Å². The number of thiophene rings is 1. The first-order valence-electron chi connectivity index (χ1n) is 12.1. The van der Waals surface area contributed by atoms with E-state index in [0.29, 0.717) is 0 Å². The van der Waals surface area contributed by atoms with Gasteiger partial charge in [-0.05, 0) is 24.3 Å². The molecule has 8 atom stereocenters. The number of benzene rings is 2. The fourth-order valence-corrected chi connectivity index (χ4v) is 5.81. The van der Waals surface area contributed by atoms with Gasteiger partial charge in [-0.1, -0.05) is 35.8 Å². The van der Waals surface area contributed by atoms with Gasteiger partial charge in [0.2, 0.25) is 0 Å². The maximum absolute atomic E-state index is 10.2. The van der Waals surface area contributed by atoms with E-state index in [1.165, 1.54) is 0 Å². The van der Waals surface area contributed by atoms with Gasteiger partial charge in [0.15, 0.2) is 0 Å². The molecule has 3 heterocycles. The lowest BCUT2D eigenvalue weighted by atomic mass is 9.98. The standard InChI is InChI=1S/C28H28O8S/c29-13-17-11-21(31)27(33)23(35-17)7-3-15-1-5-19-20-6-2-16(10-26(20)37-25(19)9-15)4-8-24-28(34)22(32)12-18(14-30)36-24/h1-2,5-6,9-10,17-18,21-24,27-34H,11-14H2. The summed E-state index contributed by atoms with van der Waals surface area (Å²) in [4.78, 5) is 0. The Morgan fingerprint density at radius 2 is 1.14 bits per heavy atom. The summed E-state index contributed by atoms with van der Waals surface area (Å²) >= 11 is 1.58. The Balaban J connectivity index is 1.38. The molecule has 1 aromatic heterocycles. The van der Waals surface area contributed by atoms with Crippen LogP contribution < -0.4 is 0 Å². The predicted octanol–water partition coefficient (Wildman–Crippen LogP) is 0.501. The van der Waals surface area contributed by atoms with Crippen molar-refractivity contribution in [3.63, 3.8) is 0 Å². The molecule has 0 aliphatic carbocycles. The monoisotopic (exact) mass is 524 g/mol. The van der Waals surface area contributed by atoms with Crippen molar-refractivity contribution in [2.45, 2.75) is 61.7 Å². The largest absolute Gasteiger partial charge is 0.394 e. The van der Waals surface area contributed by atoms with Crippen molar-refractivity contribution in [2.24, 2.45) is 0 Å². The van der Waals surface area contributed by atoms with Crippen molar-refractivity contribution in [2.75, 3.05) is 13.2 Å². The molecule has 0 spiro atoms. The number of aliphatic hydroxyl groups is 6. The first-order chi connectivity index (χ1) is 17.9. The van der Waals surface area contributed by atoms with Gasteiger partial charge in [0, 0.05) is 44.1 Å². The van der Waals surface area contributed by atoms with Crippen molar-refractivity contribution in [3.8, 4) is 23.7 Å². The number of ether oxygens (including phenoxy) is 2. The Labute approximate surface area is 217 Å². The molecule has 6 N–H and O–H groups in total. The van der Waals surface area contributed by atoms with Gasteiger partial charge < -0.3 is 40.1 Å². The van der Waals surface area contributed by atoms with Gasteiger partial charge in [0.25, 0.3) is 0 Å². The maximum atomic E-state index is 10.2. The number of fused-ring (bicyclic) bond motifs is 3. The van der Waals surface area contributed by atoms with Crippen LogP contribution in [0.1, 0.15) is 24.0 Å². The zero-order valence-corrected chi connectivity index (χ0v) is 20.6. The summed E-state index contributed by atoms with van der Waals surface area (Å²) in [6.45, 7) is -0.497. The van der Waals surface area contributed by atoms with Gasteiger partial charge in [0.05, 0.1) is 37.6 Å². The highest BCUT2D eigenvalue weighted by molar-refractivity contribution is 7.25. The number of hydrogen-bond acceptors (Lipinski definition) is 9. The van der Waals surface area contributed by atoms with Gasteiger partial charge in [-0.3, -0.25) is 0 Å². The van der Waals surface area contributed by atoms with E-state index in [-0.39, 0.29) is 26.1 Å². The molecule has 8 nitrogen and oxygen atoms in total. The molecule has 2 fully saturated rings. The summed E-state index contributed by atoms with van der Waals surface area (Å²) in [7, 11) is 0. The Morgan fingerprint density at radius 1 is 0.703 bits per heavy atom. The van der Waals surface area contributed by atoms with Gasteiger partial charge in [-0.15, -0.1) is 11.3 Å². The third kappa shape index (κ3) is 5.52. The molecule has 0 amide bonds. The average molecular weight is 525 g/mol. The van der Waals surface area contributed by atoms with E-state index in [4.69, 9.17) is 9.47 Å². The van der Waals surface area contributed by atoms with E-state index in [1.54, 1.807) is 11.3 Å². The predicted molar refractivity (Wildman–Crippen MR) is 138 cm³/mol. The fraction of sp³-hybridized carbons (Fsp3) is 0.429. The minimum Gasteiger partial charge on any atom is -0.394 e. The van der Waals surface area contributed by atoms with E-state index < -0.39 is 48.8 Å². The lowest BCUT2D eigenvalue weighted by Gasteiger charge is -2.33. The molecule has 2 aliphatic heterocycles. The van der Waals surface area contributed by atoms with Crippen molar-refractivity contribution in [3.05, 3.63) is 47.5 Å². The Hall–Kier alpha value is -2.54. The van der Waals surface area contributed by atoms with E-state index in [1.807, 2.05) is 36.4 Å². The lowest BCUT2D eigenvalue weighted by molar-refractivity contribution is -0.157. The average Bonchev–Trinajstić information content (AvgIpc) is 3.27. The van der Waals surface area contributed by atoms with Crippen LogP contribution in [0.5, 0.6) is 0 Å². The van der Waals surface area contributed by atoms with Gasteiger partial charge in [0.1, 0.15) is 24.4 Å². The molecule has 0 bridgehead atoms. The minimum atomic E-state index is -1.14. The Morgan fingerprint density at radius 3 is 1.54 bits per heavy atom. The summed E-state index contributed by atoms with van der Waals surface area (Å²) in [5.74, 6) is 11.8. The Bertz CT molecular complexity index is 1290. The molecule has 37 heavy (non-hydrogen) atoms. The SMILES string of the molecule is OCC1CC(O)C(O)C(C#Cc2ccc3c(c2)sc2cc(C#CC4OC(CO)CC(O)C4O)ccc23)O1. The molecular weight excluding hydrogens is 496 g/mol. The molecule has 9 heteroatoms.